The Bertz CT molecular complexity index is 1850. The molecule has 2 aromatic carbocycles. The third-order valence-corrected chi connectivity index (χ3v) is 11.0. The first kappa shape index (κ1) is 31.1. The molecule has 4 aromatic rings. The van der Waals surface area contributed by atoms with Crippen molar-refractivity contribution >= 4 is 27.0 Å². The summed E-state index contributed by atoms with van der Waals surface area (Å²) in [7, 11) is -3.96. The lowest BCUT2D eigenvalue weighted by Gasteiger charge is -2.33. The van der Waals surface area contributed by atoms with Gasteiger partial charge in [-0.15, -0.1) is 5.10 Å². The number of pyridine rings is 1. The lowest BCUT2D eigenvalue weighted by atomic mass is 9.69. The number of aryl methyl sites for hydroxylation is 2. The Morgan fingerprint density at radius 1 is 1.16 bits per heavy atom. The molecular weight excluding hydrogens is 592 g/mol. The monoisotopic (exact) mass is 632 g/mol. The second-order valence-electron chi connectivity index (χ2n) is 12.7. The molecule has 2 aliphatic rings. The van der Waals surface area contributed by atoms with Crippen LogP contribution in [0.5, 0.6) is 5.88 Å². The van der Waals surface area contributed by atoms with Gasteiger partial charge in [-0.3, -0.25) is 4.79 Å². The maximum atomic E-state index is 14.1. The summed E-state index contributed by atoms with van der Waals surface area (Å²) in [6, 6.07) is 13.4. The van der Waals surface area contributed by atoms with Crippen molar-refractivity contribution in [2.24, 2.45) is 5.41 Å². The Kier molecular flexibility index (Phi) is 8.40. The number of carbonyl (C=O) groups is 1. The number of aliphatic carboxylic acids is 1. The fourth-order valence-electron chi connectivity index (χ4n) is 6.22. The van der Waals surface area contributed by atoms with Crippen LogP contribution in [-0.2, 0) is 21.4 Å². The molecule has 0 saturated heterocycles. The van der Waals surface area contributed by atoms with Gasteiger partial charge in [0.15, 0.2) is 0 Å². The average molecular weight is 633 g/mol. The van der Waals surface area contributed by atoms with Gasteiger partial charge in [-0.25, -0.2) is 18.1 Å². The van der Waals surface area contributed by atoms with E-state index in [-0.39, 0.29) is 17.3 Å². The van der Waals surface area contributed by atoms with E-state index >= 15 is 0 Å². The molecule has 0 radical (unpaired) electrons. The number of aromatic nitrogens is 4. The van der Waals surface area contributed by atoms with Crippen molar-refractivity contribution in [3.05, 3.63) is 76.5 Å². The van der Waals surface area contributed by atoms with E-state index in [0.29, 0.717) is 38.7 Å². The van der Waals surface area contributed by atoms with Gasteiger partial charge in [0.2, 0.25) is 15.9 Å². The van der Waals surface area contributed by atoms with E-state index in [4.69, 9.17) is 4.74 Å². The molecule has 45 heavy (non-hydrogen) atoms. The van der Waals surface area contributed by atoms with Crippen molar-refractivity contribution in [3.8, 4) is 5.88 Å². The summed E-state index contributed by atoms with van der Waals surface area (Å²) >= 11 is 0. The maximum Gasteiger partial charge on any atom is 0.310 e. The van der Waals surface area contributed by atoms with Gasteiger partial charge < -0.3 is 15.2 Å². The molecule has 238 valence electrons. The number of nitrogens with one attached hydrogen (secondary N) is 1. The molecule has 2 N–H and O–H groups in total. The van der Waals surface area contributed by atoms with Crippen LogP contribution in [0.1, 0.15) is 72.9 Å². The van der Waals surface area contributed by atoms with Gasteiger partial charge in [0.1, 0.15) is 17.0 Å². The number of fused-ring (bicyclic) bond motifs is 2. The summed E-state index contributed by atoms with van der Waals surface area (Å²) in [5.74, 6) is -1.38. The van der Waals surface area contributed by atoms with Crippen LogP contribution in [0.3, 0.4) is 0 Å². The highest BCUT2D eigenvalue weighted by atomic mass is 32.2. The number of sulfonamides is 1. The van der Waals surface area contributed by atoms with E-state index in [9.17, 15) is 18.3 Å². The molecule has 0 spiro atoms. The van der Waals surface area contributed by atoms with Crippen LogP contribution < -0.4 is 10.1 Å². The molecule has 1 saturated carbocycles. The van der Waals surface area contributed by atoms with E-state index in [2.05, 4.69) is 20.6 Å². The second kappa shape index (κ2) is 12.1. The van der Waals surface area contributed by atoms with Gasteiger partial charge in [0, 0.05) is 31.7 Å². The largest absolute Gasteiger partial charge is 0.481 e. The molecule has 1 aliphatic heterocycles. The number of hydrogen-bond acceptors (Lipinski definition) is 8. The Hall–Kier alpha value is -3.87. The third kappa shape index (κ3) is 5.94. The highest BCUT2D eigenvalue weighted by molar-refractivity contribution is 7.89. The lowest BCUT2D eigenvalue weighted by molar-refractivity contribution is -0.147. The average Bonchev–Trinajstić information content (AvgIpc) is 3.76. The zero-order valence-corrected chi connectivity index (χ0v) is 27.0. The molecule has 6 rings (SSSR count). The molecule has 2 aromatic heterocycles. The normalized spacial score (nSPS) is 18.5. The number of ether oxygens (including phenoxy) is 1. The Morgan fingerprint density at radius 2 is 1.96 bits per heavy atom. The maximum absolute atomic E-state index is 14.1. The van der Waals surface area contributed by atoms with Gasteiger partial charge in [-0.1, -0.05) is 29.5 Å². The number of nitrogens with zero attached hydrogens (tertiary/aromatic N) is 5. The number of carboxylic acids is 1. The number of carboxylic acid groups (broad SMARTS) is 1. The van der Waals surface area contributed by atoms with Crippen molar-refractivity contribution in [1.29, 1.82) is 0 Å². The van der Waals surface area contributed by atoms with E-state index < -0.39 is 27.3 Å². The smallest absolute Gasteiger partial charge is 0.310 e. The highest BCUT2D eigenvalue weighted by Crippen LogP contribution is 2.45. The van der Waals surface area contributed by atoms with Crippen molar-refractivity contribution in [2.45, 2.75) is 70.4 Å². The molecule has 11 nitrogen and oxygen atoms in total. The van der Waals surface area contributed by atoms with Crippen molar-refractivity contribution < 1.29 is 23.1 Å². The molecule has 1 atom stereocenters. The van der Waals surface area contributed by atoms with Crippen molar-refractivity contribution in [3.63, 3.8) is 0 Å². The summed E-state index contributed by atoms with van der Waals surface area (Å²) in [6.45, 7) is 9.34. The van der Waals surface area contributed by atoms with Crippen LogP contribution in [0.4, 0.5) is 0 Å². The predicted octanol–water partition coefficient (Wildman–Crippen LogP) is 4.58. The minimum Gasteiger partial charge on any atom is -0.481 e. The van der Waals surface area contributed by atoms with E-state index in [1.165, 1.54) is 16.6 Å². The van der Waals surface area contributed by atoms with Crippen LogP contribution in [-0.4, -0.2) is 70.0 Å². The summed E-state index contributed by atoms with van der Waals surface area (Å²) in [4.78, 5) is 17.0. The Morgan fingerprint density at radius 3 is 2.71 bits per heavy atom. The number of hydrogen-bond donors (Lipinski definition) is 2. The quantitative estimate of drug-likeness (QED) is 0.300. The first-order valence-corrected chi connectivity index (χ1v) is 16.9. The minimum atomic E-state index is -3.96. The van der Waals surface area contributed by atoms with E-state index in [1.807, 2.05) is 48.9 Å². The highest BCUT2D eigenvalue weighted by Gasteiger charge is 2.41. The topological polar surface area (TPSA) is 140 Å². The Labute approximate surface area is 263 Å². The summed E-state index contributed by atoms with van der Waals surface area (Å²) in [5, 5.41) is 22.7. The van der Waals surface area contributed by atoms with Crippen LogP contribution >= 0.6 is 0 Å². The SMILES string of the molecule is Cc1ccc([C@@H](c2ccc3c(nnn3C3CC3)c2C)C(C)(C)C(=O)O)cc1CN1CCCNCCOc2ncccc2S1(=O)=O. The van der Waals surface area contributed by atoms with Crippen molar-refractivity contribution in [2.75, 3.05) is 26.2 Å². The first-order chi connectivity index (χ1) is 21.5. The number of benzene rings is 2. The molecule has 12 heteroatoms. The molecule has 3 heterocycles. The van der Waals surface area contributed by atoms with Gasteiger partial charge in [0.05, 0.1) is 17.0 Å². The van der Waals surface area contributed by atoms with Crippen LogP contribution in [0.25, 0.3) is 11.0 Å². The van der Waals surface area contributed by atoms with Gasteiger partial charge in [0.25, 0.3) is 0 Å². The second-order valence-corrected chi connectivity index (χ2v) is 14.6. The van der Waals surface area contributed by atoms with E-state index in [1.54, 1.807) is 19.9 Å². The lowest BCUT2D eigenvalue weighted by Crippen LogP contribution is -2.34. The van der Waals surface area contributed by atoms with E-state index in [0.717, 1.165) is 51.7 Å². The van der Waals surface area contributed by atoms with Crippen LogP contribution in [0, 0.1) is 19.3 Å². The molecule has 0 bridgehead atoms. The minimum absolute atomic E-state index is 0.0359. The Balaban J connectivity index is 1.42. The fraction of sp³-hybridized carbons (Fsp3) is 0.455. The molecule has 0 amide bonds. The standard InChI is InChI=1S/C33H40N6O5S/c1-21-8-9-23(19-24(21)20-38-17-6-14-34-16-18-44-31-28(45(38,42)43)7-5-15-35-31)29(33(3,4)32(40)41)26-12-13-27-30(22(26)2)36-37-39(27)25-10-11-25/h5,7-9,12-13,15,19,25,29,34H,6,10-11,14,16-18,20H2,1-4H3,(H,40,41)/t29-/m0/s1. The van der Waals surface area contributed by atoms with Gasteiger partial charge in [-0.2, -0.15) is 4.31 Å². The van der Waals surface area contributed by atoms with Crippen LogP contribution in [0.15, 0.2) is 53.6 Å². The fourth-order valence-corrected chi connectivity index (χ4v) is 7.76. The first-order valence-electron chi connectivity index (χ1n) is 15.5. The summed E-state index contributed by atoms with van der Waals surface area (Å²) in [6.07, 6.45) is 4.30. The zero-order valence-electron chi connectivity index (χ0n) is 26.2. The number of rotatable bonds is 7. The van der Waals surface area contributed by atoms with Gasteiger partial charge >= 0.3 is 5.97 Å². The molecular formula is C33H40N6O5S. The summed E-state index contributed by atoms with van der Waals surface area (Å²) in [5.41, 5.74) is 4.80. The molecule has 0 unspecified atom stereocenters. The summed E-state index contributed by atoms with van der Waals surface area (Å²) < 4.78 is 37.3. The zero-order chi connectivity index (χ0) is 31.9. The third-order valence-electron chi connectivity index (χ3n) is 9.10. The van der Waals surface area contributed by atoms with Crippen LogP contribution in [0.2, 0.25) is 0 Å². The predicted molar refractivity (Wildman–Crippen MR) is 170 cm³/mol. The van der Waals surface area contributed by atoms with Gasteiger partial charge in [-0.05, 0) is 99.5 Å². The van der Waals surface area contributed by atoms with Crippen molar-refractivity contribution in [1.82, 2.24) is 29.6 Å². The molecule has 1 fully saturated rings. The molecule has 1 aliphatic carbocycles.